The second-order valence-corrected chi connectivity index (χ2v) is 7.42. The molecule has 1 aliphatic heterocycles. The van der Waals surface area contributed by atoms with Crippen LogP contribution in [0.1, 0.15) is 24.8 Å². The molecule has 1 aliphatic rings. The van der Waals surface area contributed by atoms with E-state index in [0.29, 0.717) is 17.1 Å². The Balaban J connectivity index is 1.81. The van der Waals surface area contributed by atoms with E-state index in [1.165, 1.54) is 4.90 Å². The maximum Gasteiger partial charge on any atom is 0.303 e. The highest BCUT2D eigenvalue weighted by molar-refractivity contribution is 6.30. The van der Waals surface area contributed by atoms with Gasteiger partial charge in [0, 0.05) is 18.0 Å². The summed E-state index contributed by atoms with van der Waals surface area (Å²) in [6.07, 6.45) is -0.229. The van der Waals surface area contributed by atoms with Gasteiger partial charge in [-0.1, -0.05) is 41.9 Å². The average Bonchev–Trinajstić information content (AvgIpc) is 3.02. The van der Waals surface area contributed by atoms with Gasteiger partial charge in [0.25, 0.3) is 5.91 Å². The number of carboxylic acid groups (broad SMARTS) is 1. The van der Waals surface area contributed by atoms with Gasteiger partial charge in [-0.3, -0.25) is 19.2 Å². The van der Waals surface area contributed by atoms with Crippen LogP contribution < -0.4 is 4.90 Å². The zero-order valence-corrected chi connectivity index (χ0v) is 16.9. The van der Waals surface area contributed by atoms with Crippen LogP contribution in [0.25, 0.3) is 0 Å². The van der Waals surface area contributed by atoms with E-state index in [0.717, 1.165) is 10.5 Å². The zero-order chi connectivity index (χ0) is 21.7. The molecule has 1 heterocycles. The topological polar surface area (TPSA) is 95.0 Å². The molecule has 0 bridgehead atoms. The van der Waals surface area contributed by atoms with Gasteiger partial charge in [0.15, 0.2) is 0 Å². The quantitative estimate of drug-likeness (QED) is 0.652. The Morgan fingerprint density at radius 3 is 2.33 bits per heavy atom. The van der Waals surface area contributed by atoms with Crippen molar-refractivity contribution in [3.8, 4) is 0 Å². The minimum Gasteiger partial charge on any atom is -0.481 e. The Labute approximate surface area is 178 Å². The SMILES string of the molecule is O=C(O)CCC(=O)N(CCc1ccccc1)[C@H]1CC(=O)N(c2ccc(Cl)cc2)C1=O. The normalized spacial score (nSPS) is 16.0. The number of aliphatic carboxylic acids is 1. The van der Waals surface area contributed by atoms with Gasteiger partial charge in [0.2, 0.25) is 11.8 Å². The Morgan fingerprint density at radius 2 is 1.70 bits per heavy atom. The van der Waals surface area contributed by atoms with E-state index >= 15 is 0 Å². The summed E-state index contributed by atoms with van der Waals surface area (Å²) < 4.78 is 0. The van der Waals surface area contributed by atoms with Crippen molar-refractivity contribution in [1.29, 1.82) is 0 Å². The van der Waals surface area contributed by atoms with E-state index in [4.69, 9.17) is 16.7 Å². The van der Waals surface area contributed by atoms with Crippen LogP contribution in [0.2, 0.25) is 5.02 Å². The predicted molar refractivity (Wildman–Crippen MR) is 111 cm³/mol. The summed E-state index contributed by atoms with van der Waals surface area (Å²) in [5, 5.41) is 9.39. The summed E-state index contributed by atoms with van der Waals surface area (Å²) in [6.45, 7) is 0.209. The Kier molecular flexibility index (Phi) is 6.84. The standard InChI is InChI=1S/C22H21ClN2O5/c23-16-6-8-17(9-7-16)25-20(27)14-18(22(25)30)24(19(26)10-11-21(28)29)13-12-15-4-2-1-3-5-15/h1-9,18H,10-14H2,(H,28,29)/t18-/m0/s1. The fourth-order valence-corrected chi connectivity index (χ4v) is 3.55. The number of halogens is 1. The molecule has 0 spiro atoms. The van der Waals surface area contributed by atoms with Crippen LogP contribution in [0.4, 0.5) is 5.69 Å². The lowest BCUT2D eigenvalue weighted by Gasteiger charge is -2.27. The number of benzene rings is 2. The van der Waals surface area contributed by atoms with E-state index < -0.39 is 29.7 Å². The molecule has 2 aromatic rings. The molecule has 1 N–H and O–H groups in total. The number of carboxylic acids is 1. The number of nitrogens with zero attached hydrogens (tertiary/aromatic N) is 2. The molecule has 7 nitrogen and oxygen atoms in total. The molecule has 156 valence electrons. The molecule has 8 heteroatoms. The molecular formula is C22H21ClN2O5. The summed E-state index contributed by atoms with van der Waals surface area (Å²) in [5.41, 5.74) is 1.36. The van der Waals surface area contributed by atoms with Gasteiger partial charge in [-0.2, -0.15) is 0 Å². The molecule has 30 heavy (non-hydrogen) atoms. The predicted octanol–water partition coefficient (Wildman–Crippen LogP) is 2.91. The minimum atomic E-state index is -1.09. The molecule has 3 amide bonds. The maximum absolute atomic E-state index is 13.1. The molecule has 1 saturated heterocycles. The second-order valence-electron chi connectivity index (χ2n) is 6.98. The lowest BCUT2D eigenvalue weighted by molar-refractivity contribution is -0.143. The first-order valence-corrected chi connectivity index (χ1v) is 9.92. The number of hydrogen-bond donors (Lipinski definition) is 1. The number of imide groups is 1. The first kappa shape index (κ1) is 21.5. The molecule has 1 atom stereocenters. The summed E-state index contributed by atoms with van der Waals surface area (Å²) >= 11 is 5.88. The van der Waals surface area contributed by atoms with Crippen LogP contribution in [-0.2, 0) is 25.6 Å². The van der Waals surface area contributed by atoms with Crippen molar-refractivity contribution in [2.45, 2.75) is 31.7 Å². The lowest BCUT2D eigenvalue weighted by atomic mass is 10.1. The first-order valence-electron chi connectivity index (χ1n) is 9.54. The van der Waals surface area contributed by atoms with Crippen molar-refractivity contribution in [3.63, 3.8) is 0 Å². The van der Waals surface area contributed by atoms with Crippen molar-refractivity contribution in [2.75, 3.05) is 11.4 Å². The maximum atomic E-state index is 13.1. The molecule has 3 rings (SSSR count). The van der Waals surface area contributed by atoms with Crippen molar-refractivity contribution >= 4 is 41.0 Å². The Bertz CT molecular complexity index is 946. The largest absolute Gasteiger partial charge is 0.481 e. The van der Waals surface area contributed by atoms with Crippen LogP contribution in [0.5, 0.6) is 0 Å². The smallest absolute Gasteiger partial charge is 0.303 e. The monoisotopic (exact) mass is 428 g/mol. The van der Waals surface area contributed by atoms with Crippen molar-refractivity contribution in [2.24, 2.45) is 0 Å². The van der Waals surface area contributed by atoms with Crippen LogP contribution in [0.3, 0.4) is 0 Å². The molecule has 2 aromatic carbocycles. The summed E-state index contributed by atoms with van der Waals surface area (Å²) in [4.78, 5) is 51.7. The van der Waals surface area contributed by atoms with Crippen LogP contribution in [0.15, 0.2) is 54.6 Å². The van der Waals surface area contributed by atoms with Crippen molar-refractivity contribution in [3.05, 3.63) is 65.2 Å². The second kappa shape index (κ2) is 9.54. The highest BCUT2D eigenvalue weighted by Gasteiger charge is 2.44. The van der Waals surface area contributed by atoms with E-state index in [2.05, 4.69) is 0 Å². The fourth-order valence-electron chi connectivity index (χ4n) is 3.43. The third kappa shape index (κ3) is 5.04. The number of anilines is 1. The van der Waals surface area contributed by atoms with Crippen molar-refractivity contribution in [1.82, 2.24) is 4.90 Å². The van der Waals surface area contributed by atoms with E-state index in [9.17, 15) is 19.2 Å². The van der Waals surface area contributed by atoms with Gasteiger partial charge in [0.05, 0.1) is 18.5 Å². The molecule has 1 fully saturated rings. The van der Waals surface area contributed by atoms with Gasteiger partial charge in [-0.15, -0.1) is 0 Å². The number of rotatable bonds is 8. The summed E-state index contributed by atoms with van der Waals surface area (Å²) in [5.74, 6) is -2.47. The Morgan fingerprint density at radius 1 is 1.03 bits per heavy atom. The summed E-state index contributed by atoms with van der Waals surface area (Å²) in [7, 11) is 0. The molecule has 0 unspecified atom stereocenters. The summed E-state index contributed by atoms with van der Waals surface area (Å²) in [6, 6.07) is 14.8. The molecule has 0 aromatic heterocycles. The number of carbonyl (C=O) groups is 4. The minimum absolute atomic E-state index is 0.144. The zero-order valence-electron chi connectivity index (χ0n) is 16.2. The Hall–Kier alpha value is -3.19. The lowest BCUT2D eigenvalue weighted by Crippen LogP contribution is -2.46. The number of hydrogen-bond acceptors (Lipinski definition) is 4. The first-order chi connectivity index (χ1) is 14.4. The van der Waals surface area contributed by atoms with Gasteiger partial charge in [0.1, 0.15) is 6.04 Å². The van der Waals surface area contributed by atoms with E-state index in [1.54, 1.807) is 24.3 Å². The van der Waals surface area contributed by atoms with Crippen LogP contribution in [0, 0.1) is 0 Å². The molecule has 0 saturated carbocycles. The fraction of sp³-hybridized carbons (Fsp3) is 0.273. The van der Waals surface area contributed by atoms with Gasteiger partial charge in [-0.05, 0) is 36.2 Å². The van der Waals surface area contributed by atoms with Gasteiger partial charge >= 0.3 is 5.97 Å². The average molecular weight is 429 g/mol. The van der Waals surface area contributed by atoms with E-state index in [1.807, 2.05) is 30.3 Å². The number of carbonyl (C=O) groups excluding carboxylic acids is 3. The van der Waals surface area contributed by atoms with Gasteiger partial charge < -0.3 is 10.0 Å². The third-order valence-corrected chi connectivity index (χ3v) is 5.19. The highest BCUT2D eigenvalue weighted by atomic mass is 35.5. The molecule has 0 aliphatic carbocycles. The molecular weight excluding hydrogens is 408 g/mol. The third-order valence-electron chi connectivity index (χ3n) is 4.94. The number of amides is 3. The van der Waals surface area contributed by atoms with E-state index in [-0.39, 0.29) is 25.8 Å². The van der Waals surface area contributed by atoms with Crippen LogP contribution in [-0.4, -0.2) is 46.3 Å². The molecule has 0 radical (unpaired) electrons. The van der Waals surface area contributed by atoms with Crippen LogP contribution >= 0.6 is 11.6 Å². The highest BCUT2D eigenvalue weighted by Crippen LogP contribution is 2.27. The van der Waals surface area contributed by atoms with Gasteiger partial charge in [-0.25, -0.2) is 4.90 Å². The van der Waals surface area contributed by atoms with Crippen molar-refractivity contribution < 1.29 is 24.3 Å².